The highest BCUT2D eigenvalue weighted by Crippen LogP contribution is 2.60. The number of amides is 2. The fraction of sp³-hybridized carbons (Fsp3) is 0.765. The summed E-state index contributed by atoms with van der Waals surface area (Å²) < 4.78 is 27.8. The minimum Gasteiger partial charge on any atom is -0.342 e. The topological polar surface area (TPSA) is 78.0 Å². The number of piperidine rings is 1. The molecule has 1 aromatic carbocycles. The monoisotopic (exact) mass is 599 g/mol. The van der Waals surface area contributed by atoms with Crippen LogP contribution in [0, 0.1) is 36.0 Å². The molecule has 6 rings (SSSR count). The number of benzene rings is 1. The molecular formula is C34H53N3O4S. The minimum atomic E-state index is -3.52. The van der Waals surface area contributed by atoms with Gasteiger partial charge in [0.25, 0.3) is 0 Å². The summed E-state index contributed by atoms with van der Waals surface area (Å²) in [6, 6.07) is 8.11. The minimum absolute atomic E-state index is 0.0154. The average molecular weight is 600 g/mol. The van der Waals surface area contributed by atoms with Crippen molar-refractivity contribution >= 4 is 21.8 Å². The van der Waals surface area contributed by atoms with Crippen molar-refractivity contribution in [2.24, 2.45) is 29.1 Å². The number of carbonyl (C=O) groups is 2. The lowest BCUT2D eigenvalue weighted by molar-refractivity contribution is -0.159. The van der Waals surface area contributed by atoms with Gasteiger partial charge in [-0.2, -0.15) is 4.31 Å². The van der Waals surface area contributed by atoms with Crippen molar-refractivity contribution in [3.8, 4) is 0 Å². The molecule has 4 saturated carbocycles. The summed E-state index contributed by atoms with van der Waals surface area (Å²) in [5, 5.41) is 0. The number of hydrogen-bond donors (Lipinski definition) is 0. The van der Waals surface area contributed by atoms with Crippen LogP contribution in [-0.2, 0) is 26.2 Å². The molecule has 1 heterocycles. The van der Waals surface area contributed by atoms with Crippen LogP contribution in [-0.4, -0.2) is 72.3 Å². The van der Waals surface area contributed by atoms with Crippen LogP contribution in [0.25, 0.3) is 0 Å². The molecular weight excluding hydrogens is 546 g/mol. The van der Waals surface area contributed by atoms with Crippen LogP contribution in [0.1, 0.15) is 96.1 Å². The predicted octanol–water partition coefficient (Wildman–Crippen LogP) is 5.62. The molecule has 1 aromatic rings. The number of likely N-dealkylation sites (tertiary alicyclic amines) is 1. The summed E-state index contributed by atoms with van der Waals surface area (Å²) in [4.78, 5) is 32.1. The van der Waals surface area contributed by atoms with Gasteiger partial charge in [0.1, 0.15) is 0 Å². The summed E-state index contributed by atoms with van der Waals surface area (Å²) in [7, 11) is -3.52. The maximum Gasteiger partial charge on any atom is 0.238 e. The normalized spacial score (nSPS) is 27.7. The molecule has 2 amide bonds. The molecule has 4 bridgehead atoms. The molecule has 234 valence electrons. The van der Waals surface area contributed by atoms with Gasteiger partial charge in [0.15, 0.2) is 0 Å². The first-order chi connectivity index (χ1) is 20.0. The second-order valence-corrected chi connectivity index (χ2v) is 16.6. The van der Waals surface area contributed by atoms with E-state index < -0.39 is 10.0 Å². The number of sulfonamides is 1. The second-order valence-electron chi connectivity index (χ2n) is 14.5. The number of aryl methyl sites for hydroxylation is 1. The van der Waals surface area contributed by atoms with Crippen molar-refractivity contribution in [1.82, 2.24) is 14.1 Å². The van der Waals surface area contributed by atoms with Crippen LogP contribution >= 0.6 is 0 Å². The Balaban J connectivity index is 1.30. The van der Waals surface area contributed by atoms with E-state index in [-0.39, 0.29) is 29.7 Å². The Bertz CT molecular complexity index is 1190. The van der Waals surface area contributed by atoms with Crippen LogP contribution in [0.4, 0.5) is 0 Å². The van der Waals surface area contributed by atoms with Crippen LogP contribution in [0.5, 0.6) is 0 Å². The zero-order chi connectivity index (χ0) is 30.1. The Morgan fingerprint density at radius 2 is 1.60 bits per heavy atom. The van der Waals surface area contributed by atoms with Gasteiger partial charge in [-0.3, -0.25) is 9.59 Å². The molecule has 1 aliphatic heterocycles. The molecule has 0 N–H and O–H groups in total. The largest absolute Gasteiger partial charge is 0.342 e. The molecule has 4 aliphatic carbocycles. The van der Waals surface area contributed by atoms with Gasteiger partial charge < -0.3 is 9.80 Å². The molecule has 5 fully saturated rings. The van der Waals surface area contributed by atoms with Gasteiger partial charge in [0.2, 0.25) is 21.8 Å². The fourth-order valence-corrected chi connectivity index (χ4v) is 10.3. The highest BCUT2D eigenvalue weighted by Gasteiger charge is 2.55. The Hall–Kier alpha value is -1.93. The van der Waals surface area contributed by atoms with Gasteiger partial charge >= 0.3 is 0 Å². The first kappa shape index (κ1) is 31.5. The SMILES string of the molecule is CCCS(=O)(=O)N(CCC(C)C)CC(=O)N(Cc1ccccc1C)C1CCN(C(=O)C23CC4CC(CC(C4)C2)C3)CC1. The molecule has 1 saturated heterocycles. The van der Waals surface area contributed by atoms with Gasteiger partial charge in [-0.25, -0.2) is 8.42 Å². The van der Waals surface area contributed by atoms with E-state index in [2.05, 4.69) is 37.8 Å². The lowest BCUT2D eigenvalue weighted by atomic mass is 9.49. The summed E-state index contributed by atoms with van der Waals surface area (Å²) in [6.07, 6.45) is 9.94. The van der Waals surface area contributed by atoms with Crippen LogP contribution in [0.15, 0.2) is 24.3 Å². The molecule has 5 aliphatic rings. The molecule has 0 aromatic heterocycles. The van der Waals surface area contributed by atoms with Gasteiger partial charge in [-0.1, -0.05) is 45.0 Å². The molecule has 0 radical (unpaired) electrons. The maximum atomic E-state index is 14.0. The lowest BCUT2D eigenvalue weighted by Crippen LogP contribution is -2.57. The Labute approximate surface area is 254 Å². The number of nitrogens with zero attached hydrogens (tertiary/aromatic N) is 3. The van der Waals surface area contributed by atoms with Crippen molar-refractivity contribution < 1.29 is 18.0 Å². The lowest BCUT2D eigenvalue weighted by Gasteiger charge is -2.57. The number of hydrogen-bond acceptors (Lipinski definition) is 4. The zero-order valence-electron chi connectivity index (χ0n) is 26.4. The fourth-order valence-electron chi connectivity index (χ4n) is 8.83. The smallest absolute Gasteiger partial charge is 0.238 e. The number of rotatable bonds is 12. The average Bonchev–Trinajstić information content (AvgIpc) is 2.93. The van der Waals surface area contributed by atoms with E-state index in [1.807, 2.05) is 24.0 Å². The van der Waals surface area contributed by atoms with Crippen molar-refractivity contribution in [3.63, 3.8) is 0 Å². The van der Waals surface area contributed by atoms with E-state index in [9.17, 15) is 18.0 Å². The van der Waals surface area contributed by atoms with Crippen molar-refractivity contribution in [3.05, 3.63) is 35.4 Å². The van der Waals surface area contributed by atoms with Gasteiger partial charge in [-0.15, -0.1) is 0 Å². The third-order valence-electron chi connectivity index (χ3n) is 10.7. The second kappa shape index (κ2) is 13.0. The molecule has 0 unspecified atom stereocenters. The van der Waals surface area contributed by atoms with Crippen LogP contribution in [0.3, 0.4) is 0 Å². The summed E-state index contributed by atoms with van der Waals surface area (Å²) >= 11 is 0. The molecule has 0 spiro atoms. The van der Waals surface area contributed by atoms with E-state index in [0.29, 0.717) is 44.4 Å². The maximum absolute atomic E-state index is 14.0. The third-order valence-corrected chi connectivity index (χ3v) is 12.8. The van der Waals surface area contributed by atoms with Gasteiger partial charge in [0, 0.05) is 32.2 Å². The highest BCUT2D eigenvalue weighted by atomic mass is 32.2. The van der Waals surface area contributed by atoms with Crippen LogP contribution < -0.4 is 0 Å². The first-order valence-corrected chi connectivity index (χ1v) is 18.2. The van der Waals surface area contributed by atoms with Gasteiger partial charge in [0.05, 0.1) is 17.7 Å². The molecule has 7 nitrogen and oxygen atoms in total. The quantitative estimate of drug-likeness (QED) is 0.313. The summed E-state index contributed by atoms with van der Waals surface area (Å²) in [6.45, 7) is 10.1. The van der Waals surface area contributed by atoms with E-state index in [4.69, 9.17) is 0 Å². The standard InChI is InChI=1S/C34H53N3O4S/c1-5-16-42(40,41)36(15-10-25(2)3)24-32(38)37(23-30-9-7-6-8-26(30)4)31-11-13-35(14-12-31)33(39)34-20-27-17-28(21-34)19-29(18-27)22-34/h6-9,25,27-29,31H,5,10-24H2,1-4H3. The Morgan fingerprint density at radius 1 is 1.00 bits per heavy atom. The molecule has 42 heavy (non-hydrogen) atoms. The summed E-state index contributed by atoms with van der Waals surface area (Å²) in [5.74, 6) is 2.86. The van der Waals surface area contributed by atoms with E-state index in [1.54, 1.807) is 0 Å². The predicted molar refractivity (Wildman–Crippen MR) is 167 cm³/mol. The Morgan fingerprint density at radius 3 is 2.14 bits per heavy atom. The van der Waals surface area contributed by atoms with Crippen molar-refractivity contribution in [2.45, 2.75) is 104 Å². The van der Waals surface area contributed by atoms with Crippen molar-refractivity contribution in [1.29, 1.82) is 0 Å². The van der Waals surface area contributed by atoms with E-state index >= 15 is 0 Å². The highest BCUT2D eigenvalue weighted by molar-refractivity contribution is 7.89. The third kappa shape index (κ3) is 6.90. The van der Waals surface area contributed by atoms with E-state index in [1.165, 1.54) is 23.6 Å². The molecule has 0 atom stereocenters. The summed E-state index contributed by atoms with van der Waals surface area (Å²) in [5.41, 5.74) is 2.08. The van der Waals surface area contributed by atoms with Gasteiger partial charge in [-0.05, 0) is 106 Å². The molecule has 8 heteroatoms. The van der Waals surface area contributed by atoms with E-state index in [0.717, 1.165) is 67.4 Å². The first-order valence-electron chi connectivity index (χ1n) is 16.6. The van der Waals surface area contributed by atoms with Crippen LogP contribution in [0.2, 0.25) is 0 Å². The zero-order valence-corrected chi connectivity index (χ0v) is 27.2. The van der Waals surface area contributed by atoms with Crippen molar-refractivity contribution in [2.75, 3.05) is 31.9 Å². The Kier molecular flexibility index (Phi) is 9.73. The number of carbonyl (C=O) groups excluding carboxylic acids is 2.